The van der Waals surface area contributed by atoms with Crippen molar-refractivity contribution in [2.24, 2.45) is 11.3 Å². The number of ether oxygens (including phenoxy) is 1. The second-order valence-electron chi connectivity index (χ2n) is 10.2. The van der Waals surface area contributed by atoms with E-state index in [1.165, 1.54) is 7.11 Å². The number of fused-ring (bicyclic) bond motifs is 4. The van der Waals surface area contributed by atoms with Gasteiger partial charge < -0.3 is 24.8 Å². The molecule has 2 atom stereocenters. The number of aromatic nitrogens is 1. The van der Waals surface area contributed by atoms with Crippen LogP contribution >= 0.6 is 0 Å². The maximum absolute atomic E-state index is 13.2. The molecule has 1 aromatic carbocycles. The van der Waals surface area contributed by atoms with Crippen molar-refractivity contribution in [3.05, 3.63) is 52.4 Å². The third-order valence-electron chi connectivity index (χ3n) is 6.24. The molecule has 0 aliphatic carbocycles. The average molecular weight is 453 g/mol. The highest BCUT2D eigenvalue weighted by Gasteiger charge is 2.37. The summed E-state index contributed by atoms with van der Waals surface area (Å²) < 4.78 is 7.02. The lowest BCUT2D eigenvalue weighted by molar-refractivity contribution is -0.135. The monoisotopic (exact) mass is 452 g/mol. The molecule has 2 bridgehead atoms. The molecule has 2 aliphatic rings. The number of hydrogen-bond acceptors (Lipinski definition) is 4. The van der Waals surface area contributed by atoms with Crippen LogP contribution in [0.5, 0.6) is 5.75 Å². The largest absolute Gasteiger partial charge is 0.495 e. The van der Waals surface area contributed by atoms with Gasteiger partial charge in [-0.1, -0.05) is 32.9 Å². The average Bonchev–Trinajstić information content (AvgIpc) is 2.75. The summed E-state index contributed by atoms with van der Waals surface area (Å²) in [6, 6.07) is 10.1. The first-order chi connectivity index (χ1) is 15.6. The smallest absolute Gasteiger partial charge is 0.323 e. The lowest BCUT2D eigenvalue weighted by atomic mass is 9.82. The zero-order chi connectivity index (χ0) is 23.8. The van der Waals surface area contributed by atoms with Crippen molar-refractivity contribution in [1.82, 2.24) is 9.47 Å². The SMILES string of the molecule is COc1ccccc1NC(=O)Nc1ccc2n(c1=O)CC1CC2CN(C(=O)CC(C)(C)C)C1. The molecular weight excluding hydrogens is 420 g/mol. The maximum Gasteiger partial charge on any atom is 0.323 e. The Morgan fingerprint density at radius 2 is 1.76 bits per heavy atom. The first-order valence-corrected chi connectivity index (χ1v) is 11.4. The van der Waals surface area contributed by atoms with Gasteiger partial charge in [-0.2, -0.15) is 0 Å². The number of piperidine rings is 1. The lowest BCUT2D eigenvalue weighted by Gasteiger charge is -2.43. The standard InChI is InChI=1S/C25H32N4O4/c1-25(2,3)12-22(30)28-13-16-11-17(15-28)20-10-9-19(23(31)29(20)14-16)27-24(32)26-18-7-5-6-8-21(18)33-4/h5-10,16-17H,11-15H2,1-4H3,(H2,26,27,32). The first-order valence-electron chi connectivity index (χ1n) is 11.4. The molecule has 4 rings (SSSR count). The fourth-order valence-corrected chi connectivity index (χ4v) is 4.83. The third-order valence-corrected chi connectivity index (χ3v) is 6.24. The zero-order valence-corrected chi connectivity index (χ0v) is 19.7. The molecular formula is C25H32N4O4. The van der Waals surface area contributed by atoms with Crippen molar-refractivity contribution in [1.29, 1.82) is 0 Å². The molecule has 1 saturated heterocycles. The quantitative estimate of drug-likeness (QED) is 0.736. The Morgan fingerprint density at radius 1 is 1.03 bits per heavy atom. The molecule has 3 heterocycles. The molecule has 0 spiro atoms. The summed E-state index contributed by atoms with van der Waals surface area (Å²) in [7, 11) is 1.53. The van der Waals surface area contributed by atoms with Gasteiger partial charge in [-0.3, -0.25) is 9.59 Å². The highest BCUT2D eigenvalue weighted by molar-refractivity contribution is 6.00. The third kappa shape index (κ3) is 5.05. The van der Waals surface area contributed by atoms with Crippen molar-refractivity contribution < 1.29 is 14.3 Å². The van der Waals surface area contributed by atoms with E-state index in [4.69, 9.17) is 4.74 Å². The van der Waals surface area contributed by atoms with Gasteiger partial charge in [0.25, 0.3) is 5.56 Å². The van der Waals surface area contributed by atoms with Crippen LogP contribution in [0.3, 0.4) is 0 Å². The van der Waals surface area contributed by atoms with Crippen LogP contribution in [-0.2, 0) is 11.3 Å². The molecule has 2 aliphatic heterocycles. The Morgan fingerprint density at radius 3 is 2.48 bits per heavy atom. The number of nitrogens with one attached hydrogen (secondary N) is 2. The van der Waals surface area contributed by atoms with E-state index >= 15 is 0 Å². The number of benzene rings is 1. The molecule has 2 N–H and O–H groups in total. The summed E-state index contributed by atoms with van der Waals surface area (Å²) in [5.41, 5.74) is 1.41. The number of anilines is 2. The predicted molar refractivity (Wildman–Crippen MR) is 128 cm³/mol. The number of urea groups is 1. The van der Waals surface area contributed by atoms with Crippen molar-refractivity contribution >= 4 is 23.3 Å². The van der Waals surface area contributed by atoms with E-state index in [1.54, 1.807) is 28.8 Å². The summed E-state index contributed by atoms with van der Waals surface area (Å²) in [6.07, 6.45) is 1.49. The highest BCUT2D eigenvalue weighted by Crippen LogP contribution is 2.36. The molecule has 1 aromatic heterocycles. The van der Waals surface area contributed by atoms with Crippen LogP contribution < -0.4 is 20.9 Å². The number of methoxy groups -OCH3 is 1. The van der Waals surface area contributed by atoms with Gasteiger partial charge in [0.2, 0.25) is 5.91 Å². The number of hydrogen-bond donors (Lipinski definition) is 2. The predicted octanol–water partition coefficient (Wildman–Crippen LogP) is 3.88. The zero-order valence-electron chi connectivity index (χ0n) is 19.7. The van der Waals surface area contributed by atoms with Gasteiger partial charge in [0.1, 0.15) is 11.4 Å². The van der Waals surface area contributed by atoms with Gasteiger partial charge in [-0.05, 0) is 42.0 Å². The lowest BCUT2D eigenvalue weighted by Crippen LogP contribution is -2.49. The minimum absolute atomic E-state index is 0.0522. The maximum atomic E-state index is 13.2. The van der Waals surface area contributed by atoms with Crippen molar-refractivity contribution in [2.75, 3.05) is 30.8 Å². The molecule has 2 aromatic rings. The second-order valence-corrected chi connectivity index (χ2v) is 10.2. The highest BCUT2D eigenvalue weighted by atomic mass is 16.5. The summed E-state index contributed by atoms with van der Waals surface area (Å²) in [6.45, 7) is 8.07. The molecule has 8 nitrogen and oxygen atoms in total. The van der Waals surface area contributed by atoms with E-state index in [0.717, 1.165) is 12.1 Å². The van der Waals surface area contributed by atoms with Crippen LogP contribution in [0.2, 0.25) is 0 Å². The molecule has 1 fully saturated rings. The van der Waals surface area contributed by atoms with Crippen molar-refractivity contribution in [3.63, 3.8) is 0 Å². The molecule has 176 valence electrons. The number of carbonyl (C=O) groups is 2. The van der Waals surface area contributed by atoms with Crippen LogP contribution in [-0.4, -0.2) is 41.6 Å². The Labute approximate surface area is 193 Å². The van der Waals surface area contributed by atoms with Crippen molar-refractivity contribution in [3.8, 4) is 5.75 Å². The molecule has 3 amide bonds. The van der Waals surface area contributed by atoms with Gasteiger partial charge in [0.15, 0.2) is 0 Å². The van der Waals surface area contributed by atoms with E-state index < -0.39 is 6.03 Å². The topological polar surface area (TPSA) is 92.7 Å². The number of para-hydroxylation sites is 2. The number of likely N-dealkylation sites (tertiary alicyclic amines) is 1. The number of pyridine rings is 1. The van der Waals surface area contributed by atoms with E-state index in [2.05, 4.69) is 31.4 Å². The fraction of sp³-hybridized carbons (Fsp3) is 0.480. The van der Waals surface area contributed by atoms with E-state index in [9.17, 15) is 14.4 Å². The molecule has 0 radical (unpaired) electrons. The number of rotatable bonds is 4. The summed E-state index contributed by atoms with van der Waals surface area (Å²) in [5, 5.41) is 5.40. The number of amides is 3. The van der Waals surface area contributed by atoms with Gasteiger partial charge in [-0.15, -0.1) is 0 Å². The van der Waals surface area contributed by atoms with Crippen LogP contribution in [0.25, 0.3) is 0 Å². The Bertz CT molecular complexity index is 1120. The van der Waals surface area contributed by atoms with E-state index in [1.807, 2.05) is 17.0 Å². The van der Waals surface area contributed by atoms with Gasteiger partial charge >= 0.3 is 6.03 Å². The minimum Gasteiger partial charge on any atom is -0.495 e. The molecule has 2 unspecified atom stereocenters. The molecule has 8 heteroatoms. The molecule has 33 heavy (non-hydrogen) atoms. The van der Waals surface area contributed by atoms with Gasteiger partial charge in [0.05, 0.1) is 12.8 Å². The summed E-state index contributed by atoms with van der Waals surface area (Å²) in [4.78, 5) is 40.5. The fourth-order valence-electron chi connectivity index (χ4n) is 4.83. The number of nitrogens with zero attached hydrogens (tertiary/aromatic N) is 2. The first kappa shape index (κ1) is 22.9. The summed E-state index contributed by atoms with van der Waals surface area (Å²) >= 11 is 0. The van der Waals surface area contributed by atoms with Crippen molar-refractivity contribution in [2.45, 2.75) is 46.1 Å². The van der Waals surface area contributed by atoms with E-state index in [-0.39, 0.29) is 34.4 Å². The van der Waals surface area contributed by atoms with Crippen LogP contribution in [0.1, 0.15) is 45.2 Å². The second kappa shape index (κ2) is 8.92. The van der Waals surface area contributed by atoms with E-state index in [0.29, 0.717) is 37.5 Å². The molecule has 0 saturated carbocycles. The van der Waals surface area contributed by atoms with Crippen LogP contribution in [0.15, 0.2) is 41.2 Å². The Hall–Kier alpha value is -3.29. The van der Waals surface area contributed by atoms with Gasteiger partial charge in [-0.25, -0.2) is 4.79 Å². The minimum atomic E-state index is -0.507. The summed E-state index contributed by atoms with van der Waals surface area (Å²) in [5.74, 6) is 1.08. The normalized spacial score (nSPS) is 19.5. The van der Waals surface area contributed by atoms with Crippen LogP contribution in [0, 0.1) is 11.3 Å². The van der Waals surface area contributed by atoms with Gasteiger partial charge in [0, 0.05) is 37.7 Å². The Balaban J connectivity index is 1.49. The number of carbonyl (C=O) groups excluding carboxylic acids is 2. The van der Waals surface area contributed by atoms with Crippen LogP contribution in [0.4, 0.5) is 16.2 Å². The Kier molecular flexibility index (Phi) is 6.19.